The number of esters is 1. The number of para-hydroxylation sites is 1. The summed E-state index contributed by atoms with van der Waals surface area (Å²) >= 11 is 0. The number of amides is 1. The standard InChI is InChI=1S/C22H27NO4/c1-5-15(2)19-8-6-7-9-20(19)23-21(24)16(3)27-22(25)18-12-10-17(11-13-18)14-26-4/h6-13,15-16H,5,14H2,1-4H3,(H,23,24)/t15-,16+/m0/s1. The first-order valence-electron chi connectivity index (χ1n) is 9.14. The van der Waals surface area contributed by atoms with Crippen molar-refractivity contribution in [3.63, 3.8) is 0 Å². The molecule has 0 aliphatic rings. The molecular weight excluding hydrogens is 342 g/mol. The van der Waals surface area contributed by atoms with E-state index >= 15 is 0 Å². The van der Waals surface area contributed by atoms with Crippen LogP contribution in [0.4, 0.5) is 5.69 Å². The van der Waals surface area contributed by atoms with Crippen molar-refractivity contribution in [2.75, 3.05) is 12.4 Å². The van der Waals surface area contributed by atoms with Crippen LogP contribution in [0.1, 0.15) is 54.6 Å². The Morgan fingerprint density at radius 2 is 1.70 bits per heavy atom. The second kappa shape index (κ2) is 9.88. The highest BCUT2D eigenvalue weighted by atomic mass is 16.5. The maximum absolute atomic E-state index is 12.5. The minimum Gasteiger partial charge on any atom is -0.449 e. The van der Waals surface area contributed by atoms with Crippen molar-refractivity contribution in [1.29, 1.82) is 0 Å². The lowest BCUT2D eigenvalue weighted by Gasteiger charge is -2.18. The quantitative estimate of drug-likeness (QED) is 0.694. The maximum Gasteiger partial charge on any atom is 0.338 e. The molecule has 0 bridgehead atoms. The lowest BCUT2D eigenvalue weighted by molar-refractivity contribution is -0.123. The third kappa shape index (κ3) is 5.66. The predicted octanol–water partition coefficient (Wildman–Crippen LogP) is 4.53. The van der Waals surface area contributed by atoms with E-state index in [1.54, 1.807) is 38.3 Å². The summed E-state index contributed by atoms with van der Waals surface area (Å²) in [5.74, 6) is -0.558. The molecule has 2 aromatic carbocycles. The van der Waals surface area contributed by atoms with Crippen molar-refractivity contribution in [1.82, 2.24) is 0 Å². The van der Waals surface area contributed by atoms with Gasteiger partial charge >= 0.3 is 5.97 Å². The van der Waals surface area contributed by atoms with Crippen molar-refractivity contribution in [2.45, 2.75) is 45.8 Å². The van der Waals surface area contributed by atoms with Crippen LogP contribution >= 0.6 is 0 Å². The average molecular weight is 369 g/mol. The monoisotopic (exact) mass is 369 g/mol. The summed E-state index contributed by atoms with van der Waals surface area (Å²) < 4.78 is 10.4. The molecule has 5 nitrogen and oxygen atoms in total. The lowest BCUT2D eigenvalue weighted by atomic mass is 9.97. The molecule has 0 saturated heterocycles. The highest BCUT2D eigenvalue weighted by Crippen LogP contribution is 2.26. The first-order chi connectivity index (χ1) is 13.0. The minimum absolute atomic E-state index is 0.324. The van der Waals surface area contributed by atoms with Crippen LogP contribution in [0.3, 0.4) is 0 Å². The molecule has 5 heteroatoms. The van der Waals surface area contributed by atoms with Crippen LogP contribution in [-0.2, 0) is 20.9 Å². The number of benzene rings is 2. The molecule has 0 fully saturated rings. The van der Waals surface area contributed by atoms with Gasteiger partial charge in [-0.25, -0.2) is 4.79 Å². The Morgan fingerprint density at radius 3 is 2.33 bits per heavy atom. The Morgan fingerprint density at radius 1 is 1.04 bits per heavy atom. The second-order valence-corrected chi connectivity index (χ2v) is 6.56. The smallest absolute Gasteiger partial charge is 0.338 e. The van der Waals surface area contributed by atoms with E-state index in [0.29, 0.717) is 18.1 Å². The number of ether oxygens (including phenoxy) is 2. The van der Waals surface area contributed by atoms with Gasteiger partial charge in [-0.05, 0) is 48.6 Å². The zero-order valence-electron chi connectivity index (χ0n) is 16.3. The van der Waals surface area contributed by atoms with Crippen molar-refractivity contribution in [3.8, 4) is 0 Å². The number of carbonyl (C=O) groups is 2. The third-order valence-corrected chi connectivity index (χ3v) is 4.52. The Balaban J connectivity index is 2.00. The first-order valence-corrected chi connectivity index (χ1v) is 9.14. The molecule has 0 spiro atoms. The fourth-order valence-electron chi connectivity index (χ4n) is 2.68. The van der Waals surface area contributed by atoms with E-state index in [0.717, 1.165) is 23.2 Å². The number of anilines is 1. The van der Waals surface area contributed by atoms with Crippen LogP contribution < -0.4 is 5.32 Å². The molecule has 1 amide bonds. The number of nitrogens with one attached hydrogen (secondary N) is 1. The van der Waals surface area contributed by atoms with Gasteiger partial charge in [0.25, 0.3) is 5.91 Å². The van der Waals surface area contributed by atoms with Gasteiger partial charge in [-0.2, -0.15) is 0 Å². The van der Waals surface area contributed by atoms with E-state index in [1.165, 1.54) is 0 Å². The van der Waals surface area contributed by atoms with Gasteiger partial charge in [-0.3, -0.25) is 4.79 Å². The summed E-state index contributed by atoms with van der Waals surface area (Å²) in [6.45, 7) is 6.26. The Hall–Kier alpha value is -2.66. The highest BCUT2D eigenvalue weighted by Gasteiger charge is 2.20. The zero-order valence-corrected chi connectivity index (χ0v) is 16.3. The summed E-state index contributed by atoms with van der Waals surface area (Å²) in [7, 11) is 1.61. The topological polar surface area (TPSA) is 64.6 Å². The molecule has 1 N–H and O–H groups in total. The molecule has 0 saturated carbocycles. The van der Waals surface area contributed by atoms with Crippen molar-refractivity contribution < 1.29 is 19.1 Å². The largest absolute Gasteiger partial charge is 0.449 e. The summed E-state index contributed by atoms with van der Waals surface area (Å²) in [5.41, 5.74) is 3.18. The molecule has 2 rings (SSSR count). The molecule has 0 radical (unpaired) electrons. The van der Waals surface area contributed by atoms with Crippen LogP contribution in [0.15, 0.2) is 48.5 Å². The van der Waals surface area contributed by atoms with E-state index in [9.17, 15) is 9.59 Å². The molecule has 0 aromatic heterocycles. The van der Waals surface area contributed by atoms with Crippen LogP contribution in [0.25, 0.3) is 0 Å². The molecular formula is C22H27NO4. The van der Waals surface area contributed by atoms with E-state index in [4.69, 9.17) is 9.47 Å². The Labute approximate surface area is 160 Å². The van der Waals surface area contributed by atoms with Crippen LogP contribution in [0.5, 0.6) is 0 Å². The first kappa shape index (κ1) is 20.6. The van der Waals surface area contributed by atoms with Crippen molar-refractivity contribution in [2.24, 2.45) is 0 Å². The fraction of sp³-hybridized carbons (Fsp3) is 0.364. The summed E-state index contributed by atoms with van der Waals surface area (Å²) in [5, 5.41) is 2.88. The number of rotatable bonds is 8. The Bertz CT molecular complexity index is 770. The second-order valence-electron chi connectivity index (χ2n) is 6.56. The van der Waals surface area contributed by atoms with Gasteiger partial charge < -0.3 is 14.8 Å². The Kier molecular flexibility index (Phi) is 7.55. The van der Waals surface area contributed by atoms with E-state index in [2.05, 4.69) is 19.2 Å². The van der Waals surface area contributed by atoms with Gasteiger partial charge in [-0.15, -0.1) is 0 Å². The molecule has 27 heavy (non-hydrogen) atoms. The van der Waals surface area contributed by atoms with Crippen LogP contribution in [0.2, 0.25) is 0 Å². The van der Waals surface area contributed by atoms with E-state index < -0.39 is 12.1 Å². The average Bonchev–Trinajstić information content (AvgIpc) is 2.68. The normalized spacial score (nSPS) is 12.9. The van der Waals surface area contributed by atoms with Gasteiger partial charge in [0.2, 0.25) is 0 Å². The van der Waals surface area contributed by atoms with Crippen LogP contribution in [0, 0.1) is 0 Å². The van der Waals surface area contributed by atoms with Crippen LogP contribution in [-0.4, -0.2) is 25.1 Å². The van der Waals surface area contributed by atoms with Crippen molar-refractivity contribution >= 4 is 17.6 Å². The molecule has 2 atom stereocenters. The highest BCUT2D eigenvalue weighted by molar-refractivity contribution is 5.97. The molecule has 0 heterocycles. The van der Waals surface area contributed by atoms with E-state index in [1.807, 2.05) is 24.3 Å². The van der Waals surface area contributed by atoms with Gasteiger partial charge in [0, 0.05) is 12.8 Å². The minimum atomic E-state index is -0.902. The number of carbonyl (C=O) groups excluding carboxylic acids is 2. The lowest BCUT2D eigenvalue weighted by Crippen LogP contribution is -2.30. The number of hydrogen-bond donors (Lipinski definition) is 1. The summed E-state index contributed by atoms with van der Waals surface area (Å²) in [6, 6.07) is 14.6. The van der Waals surface area contributed by atoms with E-state index in [-0.39, 0.29) is 5.91 Å². The molecule has 0 aliphatic carbocycles. The maximum atomic E-state index is 12.5. The number of methoxy groups -OCH3 is 1. The predicted molar refractivity (Wildman–Crippen MR) is 106 cm³/mol. The fourth-order valence-corrected chi connectivity index (χ4v) is 2.68. The third-order valence-electron chi connectivity index (χ3n) is 4.52. The molecule has 0 unspecified atom stereocenters. The summed E-state index contributed by atoms with van der Waals surface area (Å²) in [6.07, 6.45) is 0.0670. The molecule has 144 valence electrons. The molecule has 2 aromatic rings. The molecule has 0 aliphatic heterocycles. The van der Waals surface area contributed by atoms with Gasteiger partial charge in [0.15, 0.2) is 6.10 Å². The van der Waals surface area contributed by atoms with Gasteiger partial charge in [0.05, 0.1) is 12.2 Å². The SMILES string of the molecule is CC[C@H](C)c1ccccc1NC(=O)[C@@H](C)OC(=O)c1ccc(COC)cc1. The van der Waals surface area contributed by atoms with Gasteiger partial charge in [0.1, 0.15) is 0 Å². The zero-order chi connectivity index (χ0) is 19.8. The number of hydrogen-bond acceptors (Lipinski definition) is 4. The summed E-state index contributed by atoms with van der Waals surface area (Å²) in [4.78, 5) is 24.7. The van der Waals surface area contributed by atoms with Crippen molar-refractivity contribution in [3.05, 3.63) is 65.2 Å². The van der Waals surface area contributed by atoms with Gasteiger partial charge in [-0.1, -0.05) is 44.2 Å².